The van der Waals surface area contributed by atoms with Crippen molar-refractivity contribution < 1.29 is 14.3 Å². The minimum absolute atomic E-state index is 0.104. The molecule has 1 amide bonds. The molecule has 0 fully saturated rings. The van der Waals surface area contributed by atoms with Crippen LogP contribution >= 0.6 is 11.3 Å². The number of carbonyl (C=O) groups excluding carboxylic acids is 1. The van der Waals surface area contributed by atoms with E-state index in [1.807, 2.05) is 54.6 Å². The number of fused-ring (bicyclic) bond motifs is 2. The van der Waals surface area contributed by atoms with Gasteiger partial charge in [-0.15, -0.1) is 11.3 Å². The van der Waals surface area contributed by atoms with Crippen molar-refractivity contribution in [3.8, 4) is 21.9 Å². The summed E-state index contributed by atoms with van der Waals surface area (Å²) in [6.07, 6.45) is 0. The molecule has 0 radical (unpaired) electrons. The molecular weight excluding hydrogens is 374 g/mol. The molecule has 0 saturated carbocycles. The van der Waals surface area contributed by atoms with Crippen LogP contribution in [-0.4, -0.2) is 36.1 Å². The second-order valence-electron chi connectivity index (χ2n) is 6.46. The Labute approximate surface area is 165 Å². The van der Waals surface area contributed by atoms with Gasteiger partial charge in [0.2, 0.25) is 5.95 Å². The third-order valence-electron chi connectivity index (χ3n) is 4.64. The zero-order chi connectivity index (χ0) is 19.1. The van der Waals surface area contributed by atoms with Gasteiger partial charge >= 0.3 is 0 Å². The van der Waals surface area contributed by atoms with Crippen LogP contribution < -0.4 is 14.4 Å². The van der Waals surface area contributed by atoms with Crippen molar-refractivity contribution in [1.82, 2.24) is 9.97 Å². The minimum atomic E-state index is -0.104. The highest BCUT2D eigenvalue weighted by atomic mass is 32.1. The summed E-state index contributed by atoms with van der Waals surface area (Å²) in [5.74, 6) is 1.92. The van der Waals surface area contributed by atoms with E-state index in [1.165, 1.54) is 11.3 Å². The van der Waals surface area contributed by atoms with Crippen LogP contribution in [0.15, 0.2) is 54.6 Å². The van der Waals surface area contributed by atoms with Gasteiger partial charge in [0, 0.05) is 11.9 Å². The number of imidazole rings is 1. The normalized spacial score (nSPS) is 12.9. The first-order chi connectivity index (χ1) is 13.7. The molecule has 2 aromatic carbocycles. The van der Waals surface area contributed by atoms with Gasteiger partial charge in [-0.3, -0.25) is 9.69 Å². The minimum Gasteiger partial charge on any atom is -0.486 e. The predicted octanol–water partition coefficient (Wildman–Crippen LogP) is 4.34. The molecule has 0 atom stereocenters. The molecule has 0 saturated heterocycles. The van der Waals surface area contributed by atoms with Gasteiger partial charge < -0.3 is 14.5 Å². The van der Waals surface area contributed by atoms with Crippen molar-refractivity contribution in [3.63, 3.8) is 0 Å². The number of thiophene rings is 1. The number of H-pyrrole nitrogens is 1. The number of nitrogens with zero attached hydrogens (tertiary/aromatic N) is 2. The second kappa shape index (κ2) is 6.69. The van der Waals surface area contributed by atoms with Crippen LogP contribution in [0.3, 0.4) is 0 Å². The number of para-hydroxylation sites is 2. The van der Waals surface area contributed by atoms with E-state index in [0.29, 0.717) is 24.0 Å². The lowest BCUT2D eigenvalue weighted by Gasteiger charge is -2.18. The van der Waals surface area contributed by atoms with Crippen LogP contribution in [0.5, 0.6) is 11.5 Å². The van der Waals surface area contributed by atoms with Crippen LogP contribution in [0.1, 0.15) is 9.67 Å². The Balaban J connectivity index is 1.41. The molecule has 0 aliphatic carbocycles. The third-order valence-corrected chi connectivity index (χ3v) is 5.77. The first-order valence-corrected chi connectivity index (χ1v) is 9.73. The molecule has 3 heterocycles. The monoisotopic (exact) mass is 391 g/mol. The Hall–Kier alpha value is -3.32. The van der Waals surface area contributed by atoms with Crippen molar-refractivity contribution in [1.29, 1.82) is 0 Å². The van der Waals surface area contributed by atoms with Gasteiger partial charge in [0.1, 0.15) is 13.2 Å². The molecule has 1 aliphatic heterocycles. The van der Waals surface area contributed by atoms with Crippen LogP contribution in [0.2, 0.25) is 0 Å². The van der Waals surface area contributed by atoms with E-state index in [-0.39, 0.29) is 5.91 Å². The highest BCUT2D eigenvalue weighted by molar-refractivity contribution is 7.17. The quantitative estimate of drug-likeness (QED) is 0.564. The van der Waals surface area contributed by atoms with Crippen LogP contribution in [-0.2, 0) is 0 Å². The van der Waals surface area contributed by atoms with E-state index in [9.17, 15) is 4.79 Å². The summed E-state index contributed by atoms with van der Waals surface area (Å²) in [7, 11) is 1.73. The maximum Gasteiger partial charge on any atom is 0.270 e. The molecule has 0 unspecified atom stereocenters. The second-order valence-corrected chi connectivity index (χ2v) is 7.55. The number of ether oxygens (including phenoxy) is 2. The van der Waals surface area contributed by atoms with Crippen molar-refractivity contribution in [2.75, 3.05) is 25.2 Å². The van der Waals surface area contributed by atoms with E-state index in [0.717, 1.165) is 33.0 Å². The van der Waals surface area contributed by atoms with Gasteiger partial charge in [0.05, 0.1) is 15.9 Å². The van der Waals surface area contributed by atoms with Gasteiger partial charge in [-0.05, 0) is 48.0 Å². The molecule has 5 rings (SSSR count). The first kappa shape index (κ1) is 16.8. The number of benzene rings is 2. The fourth-order valence-corrected chi connectivity index (χ4v) is 4.14. The summed E-state index contributed by atoms with van der Waals surface area (Å²) in [5, 5.41) is 0. The van der Waals surface area contributed by atoms with E-state index < -0.39 is 0 Å². The van der Waals surface area contributed by atoms with Gasteiger partial charge in [0.15, 0.2) is 11.5 Å². The molecule has 28 heavy (non-hydrogen) atoms. The molecule has 140 valence electrons. The van der Waals surface area contributed by atoms with Gasteiger partial charge in [-0.25, -0.2) is 4.98 Å². The maximum absolute atomic E-state index is 12.9. The first-order valence-electron chi connectivity index (χ1n) is 8.92. The molecule has 1 aliphatic rings. The topological polar surface area (TPSA) is 67.5 Å². The zero-order valence-electron chi connectivity index (χ0n) is 15.1. The standard InChI is InChI=1S/C21H17N3O3S/c1-24(21-22-14-4-2-3-5-15(14)23-21)20(25)19-9-8-18(28-19)13-6-7-16-17(12-13)27-11-10-26-16/h2-9,12H,10-11H2,1H3,(H,22,23). The number of anilines is 1. The summed E-state index contributed by atoms with van der Waals surface area (Å²) in [4.78, 5) is 23.8. The Morgan fingerprint density at radius 3 is 2.75 bits per heavy atom. The summed E-state index contributed by atoms with van der Waals surface area (Å²) >= 11 is 1.45. The Bertz CT molecular complexity index is 1150. The van der Waals surface area contributed by atoms with Crippen LogP contribution in [0, 0.1) is 0 Å². The van der Waals surface area contributed by atoms with E-state index in [2.05, 4.69) is 9.97 Å². The summed E-state index contributed by atoms with van der Waals surface area (Å²) in [5.41, 5.74) is 2.74. The number of hydrogen-bond acceptors (Lipinski definition) is 5. The Morgan fingerprint density at radius 2 is 1.89 bits per heavy atom. The largest absolute Gasteiger partial charge is 0.486 e. The molecule has 7 heteroatoms. The SMILES string of the molecule is CN(C(=O)c1ccc(-c2ccc3c(c2)OCCO3)s1)c1nc2ccccc2[nH]1. The van der Waals surface area contributed by atoms with Crippen molar-refractivity contribution in [2.45, 2.75) is 0 Å². The lowest BCUT2D eigenvalue weighted by atomic mass is 10.1. The zero-order valence-corrected chi connectivity index (χ0v) is 16.0. The highest BCUT2D eigenvalue weighted by Crippen LogP contribution is 2.37. The third kappa shape index (κ3) is 2.90. The number of carbonyl (C=O) groups is 1. The Morgan fingerprint density at radius 1 is 1.07 bits per heavy atom. The summed E-state index contributed by atoms with van der Waals surface area (Å²) in [6.45, 7) is 1.12. The number of nitrogens with one attached hydrogen (secondary N) is 1. The van der Waals surface area contributed by atoms with E-state index in [1.54, 1.807) is 11.9 Å². The average molecular weight is 391 g/mol. The summed E-state index contributed by atoms with van der Waals surface area (Å²) in [6, 6.07) is 17.4. The lowest BCUT2D eigenvalue weighted by molar-refractivity contribution is 0.0995. The summed E-state index contributed by atoms with van der Waals surface area (Å²) < 4.78 is 11.2. The fraction of sp³-hybridized carbons (Fsp3) is 0.143. The number of amides is 1. The smallest absolute Gasteiger partial charge is 0.270 e. The van der Waals surface area contributed by atoms with Crippen molar-refractivity contribution in [2.24, 2.45) is 0 Å². The van der Waals surface area contributed by atoms with Crippen molar-refractivity contribution >= 4 is 34.2 Å². The van der Waals surface area contributed by atoms with Gasteiger partial charge in [0.25, 0.3) is 5.91 Å². The van der Waals surface area contributed by atoms with Crippen LogP contribution in [0.4, 0.5) is 5.95 Å². The highest BCUT2D eigenvalue weighted by Gasteiger charge is 2.20. The molecule has 0 spiro atoms. The van der Waals surface area contributed by atoms with E-state index in [4.69, 9.17) is 9.47 Å². The molecule has 2 aromatic heterocycles. The predicted molar refractivity (Wildman–Crippen MR) is 110 cm³/mol. The lowest BCUT2D eigenvalue weighted by Crippen LogP contribution is -2.26. The number of rotatable bonds is 3. The van der Waals surface area contributed by atoms with Crippen molar-refractivity contribution in [3.05, 3.63) is 59.5 Å². The fourth-order valence-electron chi connectivity index (χ4n) is 3.16. The van der Waals surface area contributed by atoms with Gasteiger partial charge in [-0.1, -0.05) is 12.1 Å². The molecule has 1 N–H and O–H groups in total. The Kier molecular flexibility index (Phi) is 4.02. The van der Waals surface area contributed by atoms with Gasteiger partial charge in [-0.2, -0.15) is 0 Å². The maximum atomic E-state index is 12.9. The molecular formula is C21H17N3O3S. The molecule has 0 bridgehead atoms. The van der Waals surface area contributed by atoms with Crippen LogP contribution in [0.25, 0.3) is 21.5 Å². The molecule has 4 aromatic rings. The van der Waals surface area contributed by atoms with E-state index >= 15 is 0 Å². The number of hydrogen-bond donors (Lipinski definition) is 1. The number of aromatic amines is 1. The average Bonchev–Trinajstić information content (AvgIpc) is 3.39. The molecule has 6 nitrogen and oxygen atoms in total. The number of aromatic nitrogens is 2.